The van der Waals surface area contributed by atoms with E-state index in [4.69, 9.17) is 0 Å². The number of hydrogen-bond donors (Lipinski definition) is 1. The third kappa shape index (κ3) is 2.13. The van der Waals surface area contributed by atoms with Crippen molar-refractivity contribution in [1.82, 2.24) is 0 Å². The Kier molecular flexibility index (Phi) is 3.31. The third-order valence-electron chi connectivity index (χ3n) is 2.77. The topological polar surface area (TPSA) is 20.3 Å². The number of halogens is 1. The SMILES string of the molecule is Cc1cc(C)c(N2CC(S)CC2=O)c(Br)c1. The van der Waals surface area contributed by atoms with Crippen molar-refractivity contribution in [3.05, 3.63) is 27.7 Å². The maximum Gasteiger partial charge on any atom is 0.228 e. The highest BCUT2D eigenvalue weighted by molar-refractivity contribution is 9.10. The highest BCUT2D eigenvalue weighted by Gasteiger charge is 2.30. The fraction of sp³-hybridized carbons (Fsp3) is 0.417. The molecule has 1 aliphatic heterocycles. The van der Waals surface area contributed by atoms with Gasteiger partial charge in [-0.2, -0.15) is 12.6 Å². The average Bonchev–Trinajstić information content (AvgIpc) is 2.43. The van der Waals surface area contributed by atoms with Crippen LogP contribution in [0, 0.1) is 13.8 Å². The molecule has 0 aromatic heterocycles. The number of amides is 1. The van der Waals surface area contributed by atoms with Crippen molar-refractivity contribution < 1.29 is 4.79 Å². The molecule has 1 saturated heterocycles. The minimum atomic E-state index is 0.153. The first kappa shape index (κ1) is 12.0. The normalized spacial score (nSPS) is 20.6. The van der Waals surface area contributed by atoms with E-state index < -0.39 is 0 Å². The molecular formula is C12H14BrNOS. The summed E-state index contributed by atoms with van der Waals surface area (Å²) in [5.74, 6) is 0.160. The van der Waals surface area contributed by atoms with Crippen molar-refractivity contribution in [3.8, 4) is 0 Å². The molecule has 0 bridgehead atoms. The fourth-order valence-electron chi connectivity index (χ4n) is 2.15. The standard InChI is InChI=1S/C12H14BrNOS/c1-7-3-8(2)12(10(13)4-7)14-6-9(16)5-11(14)15/h3-4,9,16H,5-6H2,1-2H3. The van der Waals surface area contributed by atoms with E-state index in [1.807, 2.05) is 17.9 Å². The van der Waals surface area contributed by atoms with Gasteiger partial charge in [0.1, 0.15) is 0 Å². The Balaban J connectivity index is 2.44. The number of benzene rings is 1. The number of thiol groups is 1. The van der Waals surface area contributed by atoms with Crippen LogP contribution in [-0.2, 0) is 4.79 Å². The van der Waals surface area contributed by atoms with Gasteiger partial charge in [0.05, 0.1) is 5.69 Å². The van der Waals surface area contributed by atoms with Crippen LogP contribution in [0.3, 0.4) is 0 Å². The molecule has 1 aromatic carbocycles. The minimum Gasteiger partial charge on any atom is -0.310 e. The minimum absolute atomic E-state index is 0.153. The van der Waals surface area contributed by atoms with Crippen molar-refractivity contribution in [2.75, 3.05) is 11.4 Å². The molecule has 1 fully saturated rings. The van der Waals surface area contributed by atoms with Crippen LogP contribution in [0.2, 0.25) is 0 Å². The summed E-state index contributed by atoms with van der Waals surface area (Å²) in [5, 5.41) is 0.153. The Hall–Kier alpha value is -0.480. The molecule has 0 radical (unpaired) electrons. The van der Waals surface area contributed by atoms with Crippen molar-refractivity contribution in [2.24, 2.45) is 0 Å². The molecule has 1 atom stereocenters. The molecule has 1 heterocycles. The number of carbonyl (C=O) groups excluding carboxylic acids is 1. The van der Waals surface area contributed by atoms with E-state index in [1.54, 1.807) is 0 Å². The second kappa shape index (κ2) is 4.41. The Morgan fingerprint density at radius 1 is 1.44 bits per heavy atom. The summed E-state index contributed by atoms with van der Waals surface area (Å²) in [6.07, 6.45) is 0.531. The van der Waals surface area contributed by atoms with Gasteiger partial charge in [-0.3, -0.25) is 4.79 Å². The molecule has 86 valence electrons. The van der Waals surface area contributed by atoms with Gasteiger partial charge in [-0.05, 0) is 47.0 Å². The van der Waals surface area contributed by atoms with Gasteiger partial charge < -0.3 is 4.90 Å². The van der Waals surface area contributed by atoms with Crippen LogP contribution in [-0.4, -0.2) is 17.7 Å². The largest absolute Gasteiger partial charge is 0.310 e. The van der Waals surface area contributed by atoms with Crippen molar-refractivity contribution in [2.45, 2.75) is 25.5 Å². The summed E-state index contributed by atoms with van der Waals surface area (Å²) >= 11 is 7.91. The molecule has 0 N–H and O–H groups in total. The van der Waals surface area contributed by atoms with Gasteiger partial charge in [-0.25, -0.2) is 0 Å². The predicted molar refractivity (Wildman–Crippen MR) is 73.4 cm³/mol. The van der Waals surface area contributed by atoms with Gasteiger partial charge in [0.2, 0.25) is 5.91 Å². The van der Waals surface area contributed by atoms with Crippen molar-refractivity contribution >= 4 is 40.2 Å². The number of aryl methyl sites for hydroxylation is 2. The average molecular weight is 300 g/mol. The van der Waals surface area contributed by atoms with Crippen molar-refractivity contribution in [3.63, 3.8) is 0 Å². The summed E-state index contributed by atoms with van der Waals surface area (Å²) < 4.78 is 0.987. The van der Waals surface area contributed by atoms with Crippen LogP contribution in [0.4, 0.5) is 5.69 Å². The number of rotatable bonds is 1. The molecular weight excluding hydrogens is 286 g/mol. The number of nitrogens with zero attached hydrogens (tertiary/aromatic N) is 1. The summed E-state index contributed by atoms with van der Waals surface area (Å²) in [6.45, 7) is 4.78. The number of anilines is 1. The van der Waals surface area contributed by atoms with Gasteiger partial charge >= 0.3 is 0 Å². The van der Waals surface area contributed by atoms with Crippen LogP contribution in [0.25, 0.3) is 0 Å². The number of hydrogen-bond acceptors (Lipinski definition) is 2. The van der Waals surface area contributed by atoms with Gasteiger partial charge in [-0.15, -0.1) is 0 Å². The molecule has 1 unspecified atom stereocenters. The quantitative estimate of drug-likeness (QED) is 0.790. The molecule has 1 aliphatic rings. The summed E-state index contributed by atoms with van der Waals surface area (Å²) in [6, 6.07) is 4.14. The molecule has 0 spiro atoms. The number of carbonyl (C=O) groups is 1. The van der Waals surface area contributed by atoms with E-state index in [0.29, 0.717) is 13.0 Å². The van der Waals surface area contributed by atoms with E-state index in [-0.39, 0.29) is 11.2 Å². The molecule has 16 heavy (non-hydrogen) atoms. The first-order valence-corrected chi connectivity index (χ1v) is 6.55. The molecule has 0 aliphatic carbocycles. The summed E-state index contributed by atoms with van der Waals surface area (Å²) in [5.41, 5.74) is 3.32. The van der Waals surface area contributed by atoms with Gasteiger partial charge in [0.25, 0.3) is 0 Å². The highest BCUT2D eigenvalue weighted by Crippen LogP contribution is 2.34. The highest BCUT2D eigenvalue weighted by atomic mass is 79.9. The Morgan fingerprint density at radius 2 is 2.12 bits per heavy atom. The van der Waals surface area contributed by atoms with Crippen LogP contribution in [0.15, 0.2) is 16.6 Å². The molecule has 1 amide bonds. The summed E-state index contributed by atoms with van der Waals surface area (Å²) in [4.78, 5) is 13.7. The third-order valence-corrected chi connectivity index (χ3v) is 3.72. The lowest BCUT2D eigenvalue weighted by Crippen LogP contribution is -2.25. The van der Waals surface area contributed by atoms with Crippen LogP contribution in [0.1, 0.15) is 17.5 Å². The maximum atomic E-state index is 11.8. The Labute approximate surface area is 110 Å². The molecule has 1 aromatic rings. The van der Waals surface area contributed by atoms with E-state index in [1.165, 1.54) is 5.56 Å². The Morgan fingerprint density at radius 3 is 2.62 bits per heavy atom. The monoisotopic (exact) mass is 299 g/mol. The second-order valence-corrected chi connectivity index (χ2v) is 5.86. The first-order valence-electron chi connectivity index (χ1n) is 5.24. The fourth-order valence-corrected chi connectivity index (χ4v) is 3.36. The van der Waals surface area contributed by atoms with Crippen LogP contribution < -0.4 is 4.90 Å². The molecule has 2 nitrogen and oxygen atoms in total. The smallest absolute Gasteiger partial charge is 0.228 e. The zero-order chi connectivity index (χ0) is 11.9. The van der Waals surface area contributed by atoms with Crippen LogP contribution in [0.5, 0.6) is 0 Å². The predicted octanol–water partition coefficient (Wildman–Crippen LogP) is 3.10. The zero-order valence-corrected chi connectivity index (χ0v) is 11.8. The van der Waals surface area contributed by atoms with E-state index in [2.05, 4.69) is 41.5 Å². The van der Waals surface area contributed by atoms with E-state index >= 15 is 0 Å². The van der Waals surface area contributed by atoms with Gasteiger partial charge in [0, 0.05) is 22.7 Å². The Bertz CT molecular complexity index is 424. The van der Waals surface area contributed by atoms with Gasteiger partial charge in [-0.1, -0.05) is 6.07 Å². The lowest BCUT2D eigenvalue weighted by molar-refractivity contribution is -0.117. The van der Waals surface area contributed by atoms with E-state index in [9.17, 15) is 4.79 Å². The van der Waals surface area contributed by atoms with Crippen molar-refractivity contribution in [1.29, 1.82) is 0 Å². The molecule has 0 saturated carbocycles. The lowest BCUT2D eigenvalue weighted by atomic mass is 10.1. The molecule has 4 heteroatoms. The second-order valence-electron chi connectivity index (χ2n) is 4.27. The van der Waals surface area contributed by atoms with Gasteiger partial charge in [0.15, 0.2) is 0 Å². The lowest BCUT2D eigenvalue weighted by Gasteiger charge is -2.20. The summed E-state index contributed by atoms with van der Waals surface area (Å²) in [7, 11) is 0. The molecule has 2 rings (SSSR count). The maximum absolute atomic E-state index is 11.8. The first-order chi connectivity index (χ1) is 7.49. The zero-order valence-electron chi connectivity index (χ0n) is 9.33. The van der Waals surface area contributed by atoms with E-state index in [0.717, 1.165) is 15.7 Å². The van der Waals surface area contributed by atoms with Crippen LogP contribution >= 0.6 is 28.6 Å².